The smallest absolute Gasteiger partial charge is 0.157 e. The number of pyridine rings is 1. The van der Waals surface area contributed by atoms with E-state index >= 15 is 0 Å². The van der Waals surface area contributed by atoms with E-state index in [1.807, 2.05) is 18.2 Å². The van der Waals surface area contributed by atoms with Crippen molar-refractivity contribution in [1.82, 2.24) is 15.2 Å². The Morgan fingerprint density at radius 1 is 0.900 bits per heavy atom. The van der Waals surface area contributed by atoms with Gasteiger partial charge in [0.2, 0.25) is 0 Å². The van der Waals surface area contributed by atoms with Gasteiger partial charge in [0.15, 0.2) is 11.5 Å². The van der Waals surface area contributed by atoms with Gasteiger partial charge in [-0.1, -0.05) is 42.5 Å². The van der Waals surface area contributed by atoms with Gasteiger partial charge in [-0.3, -0.25) is 5.10 Å². The molecule has 0 saturated carbocycles. The molecule has 4 nitrogen and oxygen atoms in total. The number of aromatic nitrogens is 3. The number of hydrogen-bond acceptors (Lipinski definition) is 3. The summed E-state index contributed by atoms with van der Waals surface area (Å²) in [6, 6.07) is 16.6. The quantitative estimate of drug-likeness (QED) is 0.551. The van der Waals surface area contributed by atoms with Crippen LogP contribution in [0.1, 0.15) is 0 Å². The lowest BCUT2D eigenvalue weighted by Crippen LogP contribution is -1.88. The molecule has 4 aromatic rings. The Kier molecular flexibility index (Phi) is 2.23. The Labute approximate surface area is 115 Å². The van der Waals surface area contributed by atoms with Crippen LogP contribution in [0.15, 0.2) is 54.7 Å². The maximum absolute atomic E-state index is 5.98. The van der Waals surface area contributed by atoms with Crippen molar-refractivity contribution >= 4 is 27.6 Å². The van der Waals surface area contributed by atoms with Gasteiger partial charge in [0.1, 0.15) is 0 Å². The van der Waals surface area contributed by atoms with Crippen LogP contribution in [0.4, 0.5) is 5.82 Å². The highest BCUT2D eigenvalue weighted by atomic mass is 15.2. The van der Waals surface area contributed by atoms with Crippen molar-refractivity contribution < 1.29 is 0 Å². The third-order valence-electron chi connectivity index (χ3n) is 3.57. The summed E-state index contributed by atoms with van der Waals surface area (Å²) in [5.74, 6) is 0.482. The Bertz CT molecular complexity index is 919. The van der Waals surface area contributed by atoms with Gasteiger partial charge in [0, 0.05) is 6.20 Å². The van der Waals surface area contributed by atoms with Crippen molar-refractivity contribution in [2.24, 2.45) is 0 Å². The summed E-state index contributed by atoms with van der Waals surface area (Å²) in [7, 11) is 0. The second-order valence-electron chi connectivity index (χ2n) is 4.72. The number of benzene rings is 2. The molecule has 0 aliphatic carbocycles. The van der Waals surface area contributed by atoms with E-state index in [1.165, 1.54) is 10.8 Å². The lowest BCUT2D eigenvalue weighted by Gasteiger charge is -2.08. The summed E-state index contributed by atoms with van der Waals surface area (Å²) in [5.41, 5.74) is 8.89. The number of anilines is 1. The number of nitrogens with two attached hydrogens (primary N) is 1. The van der Waals surface area contributed by atoms with Crippen molar-refractivity contribution in [3.63, 3.8) is 0 Å². The fourth-order valence-corrected chi connectivity index (χ4v) is 2.66. The summed E-state index contributed by atoms with van der Waals surface area (Å²) in [6.45, 7) is 0. The van der Waals surface area contributed by atoms with Gasteiger partial charge in [-0.05, 0) is 28.0 Å². The first-order chi connectivity index (χ1) is 9.84. The first kappa shape index (κ1) is 11.0. The lowest BCUT2D eigenvalue weighted by molar-refractivity contribution is 1.10. The molecule has 0 saturated heterocycles. The zero-order chi connectivity index (χ0) is 13.5. The zero-order valence-electron chi connectivity index (χ0n) is 10.7. The second-order valence-corrected chi connectivity index (χ2v) is 4.72. The molecule has 0 unspecified atom stereocenters. The van der Waals surface area contributed by atoms with Gasteiger partial charge in [-0.15, -0.1) is 0 Å². The van der Waals surface area contributed by atoms with Gasteiger partial charge in [-0.25, -0.2) is 4.98 Å². The molecule has 4 rings (SSSR count). The van der Waals surface area contributed by atoms with Crippen LogP contribution in [-0.4, -0.2) is 15.2 Å². The summed E-state index contributed by atoms with van der Waals surface area (Å²) >= 11 is 0. The maximum atomic E-state index is 5.98. The lowest BCUT2D eigenvalue weighted by atomic mass is 9.97. The molecule has 0 atom stereocenters. The molecule has 20 heavy (non-hydrogen) atoms. The minimum absolute atomic E-state index is 0.482. The summed E-state index contributed by atoms with van der Waals surface area (Å²) in [4.78, 5) is 4.27. The van der Waals surface area contributed by atoms with Crippen LogP contribution in [0.3, 0.4) is 0 Å². The fourth-order valence-electron chi connectivity index (χ4n) is 2.66. The summed E-state index contributed by atoms with van der Waals surface area (Å²) < 4.78 is 0. The molecule has 4 heteroatoms. The Morgan fingerprint density at radius 3 is 2.70 bits per heavy atom. The van der Waals surface area contributed by atoms with Crippen LogP contribution < -0.4 is 5.73 Å². The molecule has 0 bridgehead atoms. The number of nitrogens with one attached hydrogen (secondary N) is 1. The average Bonchev–Trinajstić information content (AvgIpc) is 2.88. The molecule has 96 valence electrons. The van der Waals surface area contributed by atoms with Crippen LogP contribution >= 0.6 is 0 Å². The molecular formula is C16H12N4. The van der Waals surface area contributed by atoms with Gasteiger partial charge in [0.25, 0.3) is 0 Å². The fraction of sp³-hybridized carbons (Fsp3) is 0. The van der Waals surface area contributed by atoms with E-state index in [4.69, 9.17) is 5.73 Å². The molecule has 0 spiro atoms. The van der Waals surface area contributed by atoms with Crippen molar-refractivity contribution in [2.45, 2.75) is 0 Å². The minimum Gasteiger partial charge on any atom is -0.382 e. The molecule has 3 N–H and O–H groups in total. The first-order valence-corrected chi connectivity index (χ1v) is 6.41. The van der Waals surface area contributed by atoms with Crippen molar-refractivity contribution in [3.8, 4) is 11.1 Å². The van der Waals surface area contributed by atoms with Gasteiger partial charge >= 0.3 is 0 Å². The predicted octanol–water partition coefficient (Wildman–Crippen LogP) is 3.36. The van der Waals surface area contributed by atoms with Crippen molar-refractivity contribution in [2.75, 3.05) is 5.73 Å². The van der Waals surface area contributed by atoms with E-state index in [0.717, 1.165) is 16.5 Å². The minimum atomic E-state index is 0.482. The highest BCUT2D eigenvalue weighted by Gasteiger charge is 2.12. The van der Waals surface area contributed by atoms with E-state index in [0.29, 0.717) is 11.5 Å². The van der Waals surface area contributed by atoms with E-state index in [9.17, 15) is 0 Å². The standard InChI is InChI=1S/C16H12N4/c17-15-14-13(8-9-18-16(14)20-19-15)12-7-3-5-10-4-1-2-6-11(10)12/h1-9H,(H3,17,18,19,20). The van der Waals surface area contributed by atoms with Gasteiger partial charge in [0.05, 0.1) is 5.39 Å². The second kappa shape index (κ2) is 4.06. The van der Waals surface area contributed by atoms with Crippen LogP contribution in [0, 0.1) is 0 Å². The molecule has 2 aromatic heterocycles. The molecule has 0 aliphatic heterocycles. The molecule has 2 heterocycles. The monoisotopic (exact) mass is 260 g/mol. The van der Waals surface area contributed by atoms with Crippen molar-refractivity contribution in [1.29, 1.82) is 0 Å². The van der Waals surface area contributed by atoms with E-state index in [2.05, 4.69) is 45.5 Å². The number of fused-ring (bicyclic) bond motifs is 2. The van der Waals surface area contributed by atoms with E-state index in [-0.39, 0.29) is 0 Å². The van der Waals surface area contributed by atoms with Gasteiger partial charge < -0.3 is 5.73 Å². The number of aromatic amines is 1. The Morgan fingerprint density at radius 2 is 1.75 bits per heavy atom. The van der Waals surface area contributed by atoms with Crippen molar-refractivity contribution in [3.05, 3.63) is 54.7 Å². The largest absolute Gasteiger partial charge is 0.382 e. The number of nitrogen functional groups attached to an aromatic ring is 1. The molecule has 2 aromatic carbocycles. The molecule has 0 aliphatic rings. The maximum Gasteiger partial charge on any atom is 0.157 e. The highest BCUT2D eigenvalue weighted by molar-refractivity contribution is 6.06. The summed E-state index contributed by atoms with van der Waals surface area (Å²) in [6.07, 6.45) is 1.77. The molecular weight excluding hydrogens is 248 g/mol. The average molecular weight is 260 g/mol. The zero-order valence-corrected chi connectivity index (χ0v) is 10.7. The SMILES string of the molecule is Nc1n[nH]c2nccc(-c3cccc4ccccc34)c12. The van der Waals surface area contributed by atoms with E-state index < -0.39 is 0 Å². The normalized spacial score (nSPS) is 11.2. The van der Waals surface area contributed by atoms with Crippen LogP contribution in [0.5, 0.6) is 0 Å². The number of nitrogens with zero attached hydrogens (tertiary/aromatic N) is 2. The Hall–Kier alpha value is -2.88. The third kappa shape index (κ3) is 1.48. The van der Waals surface area contributed by atoms with Crippen LogP contribution in [0.25, 0.3) is 32.9 Å². The van der Waals surface area contributed by atoms with Crippen LogP contribution in [0.2, 0.25) is 0 Å². The Balaban J connectivity index is 2.14. The number of rotatable bonds is 1. The molecule has 0 amide bonds. The summed E-state index contributed by atoms with van der Waals surface area (Å²) in [5, 5.41) is 10.2. The number of H-pyrrole nitrogens is 1. The molecule has 0 radical (unpaired) electrons. The van der Waals surface area contributed by atoms with Crippen LogP contribution in [-0.2, 0) is 0 Å². The topological polar surface area (TPSA) is 67.6 Å². The first-order valence-electron chi connectivity index (χ1n) is 6.41. The van der Waals surface area contributed by atoms with Gasteiger partial charge in [-0.2, -0.15) is 5.10 Å². The molecule has 0 fully saturated rings. The predicted molar refractivity (Wildman–Crippen MR) is 81.2 cm³/mol. The number of hydrogen-bond donors (Lipinski definition) is 2. The van der Waals surface area contributed by atoms with E-state index in [1.54, 1.807) is 6.20 Å². The highest BCUT2D eigenvalue weighted by Crippen LogP contribution is 2.34. The third-order valence-corrected chi connectivity index (χ3v) is 3.57.